The van der Waals surface area contributed by atoms with E-state index in [0.29, 0.717) is 5.57 Å². The molecule has 2 aromatic carbocycles. The summed E-state index contributed by atoms with van der Waals surface area (Å²) in [5.74, 6) is -0.598. The molecule has 2 aliphatic heterocycles. The van der Waals surface area contributed by atoms with Crippen LogP contribution < -0.4 is 21.3 Å². The van der Waals surface area contributed by atoms with Crippen molar-refractivity contribution in [2.75, 3.05) is 19.0 Å². The average Bonchev–Trinajstić information content (AvgIpc) is 3.56. The van der Waals surface area contributed by atoms with Crippen LogP contribution in [0.25, 0.3) is 5.57 Å². The Bertz CT molecular complexity index is 2040. The van der Waals surface area contributed by atoms with Crippen molar-refractivity contribution in [2.24, 2.45) is 14.1 Å². The van der Waals surface area contributed by atoms with E-state index >= 15 is 0 Å². The van der Waals surface area contributed by atoms with Crippen LogP contribution in [0.5, 0.6) is 5.88 Å². The molecule has 3 aromatic rings. The lowest BCUT2D eigenvalue weighted by molar-refractivity contribution is -0.401. The summed E-state index contributed by atoms with van der Waals surface area (Å²) in [4.78, 5) is 28.2. The van der Waals surface area contributed by atoms with E-state index in [2.05, 4.69) is 116 Å². The van der Waals surface area contributed by atoms with Crippen LogP contribution in [-0.2, 0) is 26.9 Å². The molecular weight excluding hydrogens is 802 g/mol. The van der Waals surface area contributed by atoms with Crippen molar-refractivity contribution in [2.45, 2.75) is 68.2 Å². The van der Waals surface area contributed by atoms with Crippen LogP contribution >= 0.6 is 37.2 Å². The summed E-state index contributed by atoms with van der Waals surface area (Å²) in [6.07, 6.45) is 9.24. The van der Waals surface area contributed by atoms with E-state index in [0.717, 1.165) is 33.4 Å². The number of likely N-dealkylation sites (N-methyl/N-ethyl adjacent to an activating group) is 1. The van der Waals surface area contributed by atoms with E-state index in [9.17, 15) is 14.7 Å². The maximum absolute atomic E-state index is 13.4. The average molecular weight is 847 g/mol. The zero-order chi connectivity index (χ0) is 34.5. The van der Waals surface area contributed by atoms with Gasteiger partial charge in [0.2, 0.25) is 5.69 Å². The predicted octanol–water partition coefficient (Wildman–Crippen LogP) is 6.88. The number of hydrogen-bond donors (Lipinski definition) is 0. The monoisotopic (exact) mass is 846 g/mol. The Hall–Kier alpha value is -2.93. The minimum atomic E-state index is -0.634. The number of aromatic nitrogens is 2. The van der Waals surface area contributed by atoms with Gasteiger partial charge in [0.25, 0.3) is 5.56 Å². The molecule has 9 heteroatoms. The molecule has 3 heterocycles. The van der Waals surface area contributed by atoms with E-state index < -0.39 is 17.1 Å². The van der Waals surface area contributed by atoms with Crippen molar-refractivity contribution in [1.82, 2.24) is 9.13 Å². The number of anilines is 1. The van der Waals surface area contributed by atoms with Crippen molar-refractivity contribution in [3.63, 3.8) is 0 Å². The third kappa shape index (κ3) is 5.75. The number of nitrogens with zero attached hydrogens (tertiary/aromatic N) is 4. The molecule has 0 radical (unpaired) electrons. The molecule has 2 aliphatic rings. The number of halogens is 2. The summed E-state index contributed by atoms with van der Waals surface area (Å²) in [6, 6.07) is 0. The predicted molar refractivity (Wildman–Crippen MR) is 207 cm³/mol. The molecule has 0 aliphatic carbocycles. The third-order valence-corrected chi connectivity index (χ3v) is 10.6. The summed E-state index contributed by atoms with van der Waals surface area (Å²) in [7, 11) is 6.97. The van der Waals surface area contributed by atoms with Crippen molar-refractivity contribution in [3.8, 4) is 5.88 Å². The van der Waals surface area contributed by atoms with E-state index in [4.69, 9.17) is 0 Å². The molecular formula is C37H44I2N4O3. The Morgan fingerprint density at radius 3 is 1.91 bits per heavy atom. The number of allylic oxidation sites excluding steroid dienone is 6. The number of rotatable bonds is 4. The van der Waals surface area contributed by atoms with Gasteiger partial charge in [-0.3, -0.25) is 9.36 Å². The normalized spacial score (nSPS) is 15.2. The Kier molecular flexibility index (Phi) is 10.7. The second-order valence-electron chi connectivity index (χ2n) is 12.6. The summed E-state index contributed by atoms with van der Waals surface area (Å²) in [5.41, 5.74) is 16.8. The first kappa shape index (κ1) is 35.9. The van der Waals surface area contributed by atoms with Crippen LogP contribution in [-0.4, -0.2) is 33.5 Å². The van der Waals surface area contributed by atoms with Crippen LogP contribution in [0.4, 0.5) is 11.4 Å². The lowest BCUT2D eigenvalue weighted by Gasteiger charge is -2.21. The van der Waals surface area contributed by atoms with Gasteiger partial charge in [0.15, 0.2) is 5.71 Å². The fourth-order valence-corrected chi connectivity index (χ4v) is 6.98. The molecule has 46 heavy (non-hydrogen) atoms. The van der Waals surface area contributed by atoms with Crippen LogP contribution in [0.3, 0.4) is 0 Å². The molecule has 0 saturated carbocycles. The lowest BCUT2D eigenvalue weighted by atomic mass is 9.91. The fraction of sp³-hybridized carbons (Fsp3) is 0.378. The summed E-state index contributed by atoms with van der Waals surface area (Å²) in [6.45, 7) is 17.4. The molecule has 0 fully saturated rings. The molecule has 0 unspecified atom stereocenters. The molecule has 0 atom stereocenters. The van der Waals surface area contributed by atoms with Gasteiger partial charge < -0.3 is 14.6 Å². The summed E-state index contributed by atoms with van der Waals surface area (Å²) >= 11 is 4.24. The standard InChI is InChI=1S/C37H44N4O3.I2/c1-19-21(3)25(7)33-30(23(19)5)17-28(38(33)9)15-13-27(32-35(42)40(11)37(44)41(12)36(32)43)14-16-29-18-31-24(6)20(2)22(4)26(8)34(31)39(29)10;1-2/h13-16H,17-18H2,1-12H3;. The first-order valence-electron chi connectivity index (χ1n) is 15.3. The SMILES string of the molecule is Cc1c(C)c(C)c2c(c1C)CC(=CC=C(C=CC1=[N+](C)c3c(C)c(C)c(C)c(C)c3C1)c1c([O-])n(C)c(=O)n(C)c1=O)N2C.II. The molecule has 5 rings (SSSR count). The first-order valence-corrected chi connectivity index (χ1v) is 21.6. The molecule has 0 bridgehead atoms. The first-order chi connectivity index (χ1) is 21.6. The topological polar surface area (TPSA) is 73.3 Å². The van der Waals surface area contributed by atoms with Gasteiger partial charge in [0, 0.05) is 93.4 Å². The molecule has 0 N–H and O–H groups in total. The highest BCUT2D eigenvalue weighted by atomic mass is 128. The Balaban J connectivity index is 0.00000235. The summed E-state index contributed by atoms with van der Waals surface area (Å²) in [5, 5.41) is 13.4. The number of fused-ring (bicyclic) bond motifs is 2. The smallest absolute Gasteiger partial charge is 0.329 e. The van der Waals surface area contributed by atoms with Gasteiger partial charge in [-0.25, -0.2) is 4.79 Å². The van der Waals surface area contributed by atoms with Crippen molar-refractivity contribution < 1.29 is 9.68 Å². The van der Waals surface area contributed by atoms with Gasteiger partial charge in [-0.15, -0.1) is 0 Å². The van der Waals surface area contributed by atoms with E-state index in [1.807, 2.05) is 24.3 Å². The second kappa shape index (κ2) is 13.7. The zero-order valence-electron chi connectivity index (χ0n) is 29.0. The van der Waals surface area contributed by atoms with E-state index in [1.54, 1.807) is 0 Å². The van der Waals surface area contributed by atoms with Gasteiger partial charge in [0.1, 0.15) is 7.05 Å². The van der Waals surface area contributed by atoms with Gasteiger partial charge in [-0.1, -0.05) is 6.08 Å². The van der Waals surface area contributed by atoms with Crippen molar-refractivity contribution >= 4 is 59.9 Å². The molecule has 0 saturated heterocycles. The third-order valence-electron chi connectivity index (χ3n) is 10.6. The van der Waals surface area contributed by atoms with Crippen LogP contribution in [0, 0.1) is 55.4 Å². The van der Waals surface area contributed by atoms with Crippen LogP contribution in [0.1, 0.15) is 61.2 Å². The zero-order valence-corrected chi connectivity index (χ0v) is 33.3. The minimum Gasteiger partial charge on any atom is -0.859 e. The highest BCUT2D eigenvalue weighted by Crippen LogP contribution is 2.41. The van der Waals surface area contributed by atoms with Crippen molar-refractivity contribution in [3.05, 3.63) is 112 Å². The molecule has 7 nitrogen and oxygen atoms in total. The van der Waals surface area contributed by atoms with Crippen LogP contribution in [0.15, 0.2) is 39.6 Å². The highest BCUT2D eigenvalue weighted by Gasteiger charge is 2.31. The largest absolute Gasteiger partial charge is 0.859 e. The van der Waals surface area contributed by atoms with Gasteiger partial charge in [-0.2, -0.15) is 4.58 Å². The Morgan fingerprint density at radius 2 is 1.30 bits per heavy atom. The van der Waals surface area contributed by atoms with Crippen LogP contribution in [0.2, 0.25) is 0 Å². The number of benzene rings is 2. The second-order valence-corrected chi connectivity index (χ2v) is 12.6. The maximum atomic E-state index is 13.4. The van der Waals surface area contributed by atoms with Gasteiger partial charge in [0.05, 0.1) is 12.0 Å². The van der Waals surface area contributed by atoms with Gasteiger partial charge >= 0.3 is 5.69 Å². The quantitative estimate of drug-likeness (QED) is 0.163. The molecule has 0 amide bonds. The lowest BCUT2D eigenvalue weighted by Crippen LogP contribution is -2.40. The molecule has 0 spiro atoms. The van der Waals surface area contributed by atoms with E-state index in [-0.39, 0.29) is 5.56 Å². The Labute approximate surface area is 296 Å². The van der Waals surface area contributed by atoms with Gasteiger partial charge in [-0.05, 0) is 124 Å². The fourth-order valence-electron chi connectivity index (χ4n) is 6.98. The number of hydrogen-bond acceptors (Lipinski definition) is 4. The molecule has 1 aromatic heterocycles. The summed E-state index contributed by atoms with van der Waals surface area (Å²) < 4.78 is 4.22. The Morgan fingerprint density at radius 1 is 0.761 bits per heavy atom. The highest BCUT2D eigenvalue weighted by molar-refractivity contribution is 15.0. The molecule has 244 valence electrons. The van der Waals surface area contributed by atoms with E-state index in [1.165, 1.54) is 81.1 Å². The van der Waals surface area contributed by atoms with Crippen molar-refractivity contribution in [1.29, 1.82) is 0 Å². The maximum Gasteiger partial charge on any atom is 0.329 e. The minimum absolute atomic E-state index is 0.0160.